The molecule has 0 spiro atoms. The molecule has 0 atom stereocenters. The van der Waals surface area contributed by atoms with Gasteiger partial charge in [0.2, 0.25) is 0 Å². The van der Waals surface area contributed by atoms with Crippen LogP contribution in [0.15, 0.2) is 0 Å². The minimum absolute atomic E-state index is 0.134. The van der Waals surface area contributed by atoms with Crippen molar-refractivity contribution >= 4 is 17.6 Å². The molecule has 0 fully saturated rings. The van der Waals surface area contributed by atoms with Gasteiger partial charge in [-0.15, -0.1) is 0 Å². The molecule has 0 aromatic heterocycles. The van der Waals surface area contributed by atoms with Crippen molar-refractivity contribution in [3.63, 3.8) is 0 Å². The van der Waals surface area contributed by atoms with E-state index in [1.54, 1.807) is 0 Å². The number of ether oxygens (including phenoxy) is 1. The lowest BCUT2D eigenvalue weighted by Crippen LogP contribution is -2.59. The van der Waals surface area contributed by atoms with Gasteiger partial charge in [-0.2, -0.15) is 26.3 Å². The fraction of sp³-hybridized carbons (Fsp3) is 0.917. The van der Waals surface area contributed by atoms with Gasteiger partial charge in [0.25, 0.3) is 0 Å². The maximum Gasteiger partial charge on any atom is 0.427 e. The summed E-state index contributed by atoms with van der Waals surface area (Å²) < 4.78 is 79.9. The molecule has 0 unspecified atom stereocenters. The highest BCUT2D eigenvalue weighted by atomic mass is 35.5. The van der Waals surface area contributed by atoms with Crippen LogP contribution in [-0.2, 0) is 9.53 Å². The van der Waals surface area contributed by atoms with Gasteiger partial charge >= 0.3 is 23.2 Å². The van der Waals surface area contributed by atoms with Crippen molar-refractivity contribution in [1.82, 2.24) is 0 Å². The maximum absolute atomic E-state index is 12.6. The van der Waals surface area contributed by atoms with Crippen LogP contribution in [0.5, 0.6) is 0 Å². The topological polar surface area (TPSA) is 26.3 Å². The molecule has 0 radical (unpaired) electrons. The summed E-state index contributed by atoms with van der Waals surface area (Å²) >= 11 is 4.58. The van der Waals surface area contributed by atoms with Crippen molar-refractivity contribution in [2.75, 3.05) is 0 Å². The minimum atomic E-state index is -6.01. The molecule has 0 aromatic carbocycles. The van der Waals surface area contributed by atoms with Crippen molar-refractivity contribution in [1.29, 1.82) is 0 Å². The number of halogens is 7. The number of hydrogen-bond acceptors (Lipinski definition) is 2. The molecule has 0 amide bonds. The monoisotopic (exact) mass is 342 g/mol. The molecule has 0 aromatic rings. The van der Waals surface area contributed by atoms with E-state index in [0.29, 0.717) is 12.8 Å². The number of carbonyl (C=O) groups excluding carboxylic acids is 1. The average molecular weight is 343 g/mol. The van der Waals surface area contributed by atoms with Crippen molar-refractivity contribution < 1.29 is 35.9 Å². The Kier molecular flexibility index (Phi) is 6.41. The molecule has 0 saturated heterocycles. The third-order valence-corrected chi connectivity index (χ3v) is 3.40. The zero-order chi connectivity index (χ0) is 17.1. The van der Waals surface area contributed by atoms with E-state index < -0.39 is 28.8 Å². The normalized spacial score (nSPS) is 14.2. The van der Waals surface area contributed by atoms with Gasteiger partial charge in [0.05, 0.1) is 0 Å². The van der Waals surface area contributed by atoms with E-state index >= 15 is 0 Å². The number of carbonyl (C=O) groups is 1. The van der Waals surface area contributed by atoms with Crippen LogP contribution in [0.1, 0.15) is 46.5 Å². The Hall–Kier alpha value is -0.660. The number of hydrogen-bond donors (Lipinski definition) is 0. The molecule has 0 rings (SSSR count). The van der Waals surface area contributed by atoms with Crippen LogP contribution in [-0.4, -0.2) is 28.8 Å². The molecule has 2 nitrogen and oxygen atoms in total. The van der Waals surface area contributed by atoms with Gasteiger partial charge in [-0.3, -0.25) is 0 Å². The Bertz CT molecular complexity index is 348. The Labute approximate surface area is 123 Å². The minimum Gasteiger partial charge on any atom is -0.458 e. The Morgan fingerprint density at radius 2 is 1.43 bits per heavy atom. The Morgan fingerprint density at radius 1 is 1.00 bits per heavy atom. The fourth-order valence-corrected chi connectivity index (χ4v) is 1.60. The second kappa shape index (κ2) is 6.62. The average Bonchev–Trinajstić information content (AvgIpc) is 2.24. The van der Waals surface area contributed by atoms with Crippen molar-refractivity contribution in [2.24, 2.45) is 0 Å². The predicted molar refractivity (Wildman–Crippen MR) is 65.0 cm³/mol. The van der Waals surface area contributed by atoms with Crippen LogP contribution < -0.4 is 0 Å². The first-order chi connectivity index (χ1) is 9.19. The number of alkyl halides is 7. The van der Waals surface area contributed by atoms with Gasteiger partial charge in [-0.1, -0.05) is 31.4 Å². The van der Waals surface area contributed by atoms with Crippen molar-refractivity contribution in [3.8, 4) is 0 Å². The van der Waals surface area contributed by atoms with Crippen molar-refractivity contribution in [2.45, 2.75) is 69.3 Å². The van der Waals surface area contributed by atoms with Gasteiger partial charge < -0.3 is 4.74 Å². The molecule has 0 aliphatic heterocycles. The standard InChI is InChI=1S/C12H17ClF6O2/c1-4-5-6-7-9(2,3)21-8(20)10(13,11(14,15)16)12(17,18)19/h4-7H2,1-3H3. The first-order valence-corrected chi connectivity index (χ1v) is 6.62. The molecule has 0 bridgehead atoms. The molecule has 0 aliphatic rings. The highest BCUT2D eigenvalue weighted by Crippen LogP contribution is 2.49. The lowest BCUT2D eigenvalue weighted by atomic mass is 9.99. The summed E-state index contributed by atoms with van der Waals surface area (Å²) in [7, 11) is 0. The molecule has 126 valence electrons. The zero-order valence-corrected chi connectivity index (χ0v) is 12.5. The largest absolute Gasteiger partial charge is 0.458 e. The predicted octanol–water partition coefficient (Wildman–Crippen LogP) is 4.99. The SMILES string of the molecule is CCCCCC(C)(C)OC(=O)C(Cl)(C(F)(F)F)C(F)(F)F. The first kappa shape index (κ1) is 20.3. The molecule has 21 heavy (non-hydrogen) atoms. The summed E-state index contributed by atoms with van der Waals surface area (Å²) in [5.74, 6) is -2.55. The highest BCUT2D eigenvalue weighted by Gasteiger charge is 2.76. The first-order valence-electron chi connectivity index (χ1n) is 6.25. The molecular weight excluding hydrogens is 326 g/mol. The molecule has 0 aliphatic carbocycles. The fourth-order valence-electron chi connectivity index (χ4n) is 1.57. The van der Waals surface area contributed by atoms with Crippen LogP contribution in [0.2, 0.25) is 0 Å². The summed E-state index contributed by atoms with van der Waals surface area (Å²) in [6.45, 7) is 4.35. The smallest absolute Gasteiger partial charge is 0.427 e. The maximum atomic E-state index is 12.6. The van der Waals surface area contributed by atoms with E-state index in [-0.39, 0.29) is 6.42 Å². The number of unbranched alkanes of at least 4 members (excludes halogenated alkanes) is 2. The second-order valence-electron chi connectivity index (χ2n) is 5.26. The number of rotatable bonds is 6. The lowest BCUT2D eigenvalue weighted by Gasteiger charge is -2.33. The summed E-state index contributed by atoms with van der Waals surface area (Å²) in [6.07, 6.45) is -9.87. The van der Waals surface area contributed by atoms with E-state index in [2.05, 4.69) is 16.3 Å². The van der Waals surface area contributed by atoms with Crippen LogP contribution in [0.3, 0.4) is 0 Å². The van der Waals surface area contributed by atoms with E-state index in [0.717, 1.165) is 6.42 Å². The molecule has 9 heteroatoms. The second-order valence-corrected chi connectivity index (χ2v) is 5.83. The molecular formula is C12H17ClF6O2. The lowest BCUT2D eigenvalue weighted by molar-refractivity contribution is -0.271. The van der Waals surface area contributed by atoms with E-state index in [1.807, 2.05) is 6.92 Å². The van der Waals surface area contributed by atoms with Crippen LogP contribution in [0, 0.1) is 0 Å². The van der Waals surface area contributed by atoms with Gasteiger partial charge in [0, 0.05) is 0 Å². The summed E-state index contributed by atoms with van der Waals surface area (Å²) in [6, 6.07) is 0. The van der Waals surface area contributed by atoms with E-state index in [1.165, 1.54) is 13.8 Å². The molecule has 0 saturated carbocycles. The van der Waals surface area contributed by atoms with E-state index in [4.69, 9.17) is 0 Å². The van der Waals surface area contributed by atoms with Crippen LogP contribution in [0.25, 0.3) is 0 Å². The van der Waals surface area contributed by atoms with Crippen LogP contribution >= 0.6 is 11.6 Å². The summed E-state index contributed by atoms with van der Waals surface area (Å²) in [4.78, 5) is 6.36. The third-order valence-electron chi connectivity index (χ3n) is 2.81. The highest BCUT2D eigenvalue weighted by molar-refractivity contribution is 6.35. The Balaban J connectivity index is 5.19. The van der Waals surface area contributed by atoms with Gasteiger partial charge in [-0.25, -0.2) is 4.79 Å². The molecule has 0 heterocycles. The van der Waals surface area contributed by atoms with Gasteiger partial charge in [0.15, 0.2) is 0 Å². The molecule has 0 N–H and O–H groups in total. The quantitative estimate of drug-likeness (QED) is 0.294. The van der Waals surface area contributed by atoms with Crippen molar-refractivity contribution in [3.05, 3.63) is 0 Å². The Morgan fingerprint density at radius 3 is 1.76 bits per heavy atom. The van der Waals surface area contributed by atoms with Gasteiger partial charge in [-0.05, 0) is 26.7 Å². The number of esters is 1. The van der Waals surface area contributed by atoms with Crippen LogP contribution in [0.4, 0.5) is 26.3 Å². The van der Waals surface area contributed by atoms with Gasteiger partial charge in [0.1, 0.15) is 5.60 Å². The summed E-state index contributed by atoms with van der Waals surface area (Å²) in [5, 5.41) is 0. The van der Waals surface area contributed by atoms with E-state index in [9.17, 15) is 31.1 Å². The third kappa shape index (κ3) is 4.93. The zero-order valence-electron chi connectivity index (χ0n) is 11.8. The summed E-state index contributed by atoms with van der Waals surface area (Å²) in [5.41, 5.74) is -1.47.